The van der Waals surface area contributed by atoms with Gasteiger partial charge in [0.05, 0.1) is 0 Å². The first-order chi connectivity index (χ1) is 12.4. The third kappa shape index (κ3) is 4.23. The Morgan fingerprint density at radius 1 is 1.19 bits per heavy atom. The Morgan fingerprint density at radius 2 is 1.85 bits per heavy atom. The molecule has 0 radical (unpaired) electrons. The number of aromatic nitrogens is 1. The van der Waals surface area contributed by atoms with Crippen molar-refractivity contribution in [3.8, 4) is 6.07 Å². The number of hydrogen-bond acceptors (Lipinski definition) is 7. The minimum atomic E-state index is -4.60. The summed E-state index contributed by atoms with van der Waals surface area (Å²) in [6.45, 7) is 2.52. The van der Waals surface area contributed by atoms with E-state index < -0.39 is 11.9 Å². The molecule has 26 heavy (non-hydrogen) atoms. The summed E-state index contributed by atoms with van der Waals surface area (Å²) in [6, 6.07) is 9.65. The van der Waals surface area contributed by atoms with Gasteiger partial charge in [0.1, 0.15) is 10.9 Å². The summed E-state index contributed by atoms with van der Waals surface area (Å²) in [5.74, 6) is 0. The number of rotatable bonds is 4. The second-order valence-corrected chi connectivity index (χ2v) is 7.71. The van der Waals surface area contributed by atoms with E-state index >= 15 is 0 Å². The Hall–Kier alpha value is -1.96. The van der Waals surface area contributed by atoms with Crippen LogP contribution in [0.1, 0.15) is 10.6 Å². The summed E-state index contributed by atoms with van der Waals surface area (Å²) in [5.41, 5.74) is -0.0434. The highest BCUT2D eigenvalue weighted by atomic mass is 32.2. The first-order valence-corrected chi connectivity index (χ1v) is 9.43. The van der Waals surface area contributed by atoms with Gasteiger partial charge in [-0.05, 0) is 36.2 Å². The molecule has 1 fully saturated rings. The van der Waals surface area contributed by atoms with Crippen molar-refractivity contribution >= 4 is 34.1 Å². The second kappa shape index (κ2) is 7.73. The van der Waals surface area contributed by atoms with Gasteiger partial charge in [-0.1, -0.05) is 11.3 Å². The molecule has 1 saturated heterocycles. The van der Waals surface area contributed by atoms with Crippen molar-refractivity contribution in [1.82, 2.24) is 9.29 Å². The van der Waals surface area contributed by atoms with Crippen LogP contribution in [0.2, 0.25) is 0 Å². The van der Waals surface area contributed by atoms with E-state index in [2.05, 4.69) is 14.6 Å². The molecule has 0 aliphatic carbocycles. The number of halogens is 3. The molecule has 0 bridgehead atoms. The number of hydrogen-bond donors (Lipinski definition) is 1. The summed E-state index contributed by atoms with van der Waals surface area (Å²) < 4.78 is 41.0. The number of piperazine rings is 1. The van der Waals surface area contributed by atoms with E-state index in [9.17, 15) is 13.2 Å². The van der Waals surface area contributed by atoms with Gasteiger partial charge in [-0.15, -0.1) is 0 Å². The highest BCUT2D eigenvalue weighted by Crippen LogP contribution is 2.37. The predicted octanol–water partition coefficient (Wildman–Crippen LogP) is 3.90. The van der Waals surface area contributed by atoms with Crippen molar-refractivity contribution in [1.29, 1.82) is 5.26 Å². The van der Waals surface area contributed by atoms with Crippen molar-refractivity contribution in [2.45, 2.75) is 11.1 Å². The van der Waals surface area contributed by atoms with Crippen LogP contribution in [0.3, 0.4) is 0 Å². The van der Waals surface area contributed by atoms with Crippen molar-refractivity contribution in [2.24, 2.45) is 0 Å². The molecule has 2 aromatic rings. The van der Waals surface area contributed by atoms with E-state index in [4.69, 9.17) is 5.26 Å². The van der Waals surface area contributed by atoms with Gasteiger partial charge in [0.25, 0.3) is 0 Å². The zero-order valence-corrected chi connectivity index (χ0v) is 15.5. The van der Waals surface area contributed by atoms with Crippen LogP contribution in [0.25, 0.3) is 0 Å². The Kier molecular flexibility index (Phi) is 5.60. The molecular formula is C16H16F3N5S2. The minimum absolute atomic E-state index is 0.261. The molecule has 1 aliphatic heterocycles. The summed E-state index contributed by atoms with van der Waals surface area (Å²) >= 11 is 2.43. The monoisotopic (exact) mass is 399 g/mol. The van der Waals surface area contributed by atoms with Crippen LogP contribution in [0.4, 0.5) is 24.0 Å². The smallest absolute Gasteiger partial charge is 0.388 e. The van der Waals surface area contributed by atoms with Gasteiger partial charge in [-0.2, -0.15) is 18.4 Å². The molecule has 138 valence electrons. The number of thiazole rings is 1. The van der Waals surface area contributed by atoms with Crippen LogP contribution in [-0.4, -0.2) is 42.5 Å². The maximum absolute atomic E-state index is 12.9. The van der Waals surface area contributed by atoms with Crippen LogP contribution < -0.4 is 10.2 Å². The van der Waals surface area contributed by atoms with Gasteiger partial charge in [0.2, 0.25) is 0 Å². The molecule has 2 heterocycles. The first kappa shape index (κ1) is 18.8. The third-order valence-electron chi connectivity index (χ3n) is 3.87. The average molecular weight is 399 g/mol. The summed E-state index contributed by atoms with van der Waals surface area (Å²) in [7, 11) is 1.86. The Bertz CT molecular complexity index is 790. The molecule has 3 rings (SSSR count). The highest BCUT2D eigenvalue weighted by Gasteiger charge is 2.38. The fraction of sp³-hybridized carbons (Fsp3) is 0.375. The van der Waals surface area contributed by atoms with E-state index in [-0.39, 0.29) is 10.0 Å². The quantitative estimate of drug-likeness (QED) is 0.787. The molecule has 0 atom stereocenters. The van der Waals surface area contributed by atoms with Crippen molar-refractivity contribution < 1.29 is 13.2 Å². The van der Waals surface area contributed by atoms with E-state index in [0.717, 1.165) is 21.9 Å². The van der Waals surface area contributed by atoms with Crippen molar-refractivity contribution in [2.75, 3.05) is 43.4 Å². The van der Waals surface area contributed by atoms with E-state index in [1.165, 1.54) is 0 Å². The van der Waals surface area contributed by atoms with E-state index in [0.29, 0.717) is 26.2 Å². The summed E-state index contributed by atoms with van der Waals surface area (Å²) in [5, 5.41) is 12.2. The van der Waals surface area contributed by atoms with E-state index in [1.807, 2.05) is 36.2 Å². The molecule has 0 amide bonds. The molecule has 1 aromatic carbocycles. The lowest BCUT2D eigenvalue weighted by Crippen LogP contribution is -2.43. The first-order valence-electron chi connectivity index (χ1n) is 7.84. The van der Waals surface area contributed by atoms with Crippen molar-refractivity contribution in [3.63, 3.8) is 0 Å². The number of nitriles is 1. The lowest BCUT2D eigenvalue weighted by atomic mass is 10.3. The summed E-state index contributed by atoms with van der Waals surface area (Å²) in [4.78, 5) is 6.20. The maximum Gasteiger partial charge on any atom is 0.435 e. The largest absolute Gasteiger partial charge is 0.435 e. The van der Waals surface area contributed by atoms with Crippen LogP contribution in [0.15, 0.2) is 29.2 Å². The third-order valence-corrected chi connectivity index (χ3v) is 6.00. The number of nitrogens with one attached hydrogen (secondary N) is 1. The summed E-state index contributed by atoms with van der Waals surface area (Å²) in [6.07, 6.45) is -4.60. The number of anilines is 2. The van der Waals surface area contributed by atoms with Gasteiger partial charge >= 0.3 is 6.18 Å². The molecule has 1 aliphatic rings. The molecule has 0 saturated carbocycles. The molecule has 10 heteroatoms. The SMILES string of the molecule is CNc1ccc(SN2CCN(c3nc(C(F)(F)F)c(C#N)s3)CC2)cc1. The molecule has 0 spiro atoms. The number of alkyl halides is 3. The highest BCUT2D eigenvalue weighted by molar-refractivity contribution is 7.97. The molecule has 5 nitrogen and oxygen atoms in total. The van der Waals surface area contributed by atoms with E-state index in [1.54, 1.807) is 18.0 Å². The standard InChI is InChI=1S/C16H16F3N5S2/c1-21-11-2-4-12(5-3-11)26-24-8-6-23(7-9-24)15-22-14(16(17,18)19)13(10-20)25-15/h2-5,21H,6-9H2,1H3. The Morgan fingerprint density at radius 3 is 2.35 bits per heavy atom. The van der Waals surface area contributed by atoms with Crippen LogP contribution in [0.5, 0.6) is 0 Å². The van der Waals surface area contributed by atoms with Crippen LogP contribution >= 0.6 is 23.3 Å². The zero-order chi connectivity index (χ0) is 18.7. The maximum atomic E-state index is 12.9. The van der Waals surface area contributed by atoms with Gasteiger partial charge in [0, 0.05) is 43.8 Å². The van der Waals surface area contributed by atoms with Gasteiger partial charge in [0.15, 0.2) is 10.8 Å². The normalized spacial score (nSPS) is 15.7. The minimum Gasteiger partial charge on any atom is -0.388 e. The average Bonchev–Trinajstić information content (AvgIpc) is 3.08. The lowest BCUT2D eigenvalue weighted by Gasteiger charge is -2.33. The van der Waals surface area contributed by atoms with Gasteiger partial charge in [-0.3, -0.25) is 0 Å². The molecule has 1 N–H and O–H groups in total. The Balaban J connectivity index is 1.61. The van der Waals surface area contributed by atoms with Crippen molar-refractivity contribution in [3.05, 3.63) is 34.8 Å². The number of nitrogens with zero attached hydrogens (tertiary/aromatic N) is 4. The Labute approximate surface area is 157 Å². The second-order valence-electron chi connectivity index (χ2n) is 5.57. The fourth-order valence-corrected chi connectivity index (χ4v) is 4.35. The molecular weight excluding hydrogens is 383 g/mol. The van der Waals surface area contributed by atoms with Gasteiger partial charge < -0.3 is 10.2 Å². The topological polar surface area (TPSA) is 55.2 Å². The molecule has 0 unspecified atom stereocenters. The van der Waals surface area contributed by atoms with Crippen LogP contribution in [0, 0.1) is 11.3 Å². The molecule has 1 aromatic heterocycles. The fourth-order valence-electron chi connectivity index (χ4n) is 2.51. The van der Waals surface area contributed by atoms with Gasteiger partial charge in [-0.25, -0.2) is 9.29 Å². The predicted molar refractivity (Wildman–Crippen MR) is 97.5 cm³/mol. The number of benzene rings is 1. The van der Waals surface area contributed by atoms with Crippen LogP contribution in [-0.2, 0) is 6.18 Å². The lowest BCUT2D eigenvalue weighted by molar-refractivity contribution is -0.140. The zero-order valence-electron chi connectivity index (χ0n) is 13.9.